The topological polar surface area (TPSA) is 36.9 Å². The number of halogens is 1. The molecule has 0 radical (unpaired) electrons. The molecule has 0 N–H and O–H groups in total. The van der Waals surface area contributed by atoms with Crippen molar-refractivity contribution in [3.05, 3.63) is 83.1 Å². The van der Waals surface area contributed by atoms with Gasteiger partial charge in [0.2, 0.25) is 0 Å². The summed E-state index contributed by atoms with van der Waals surface area (Å²) in [6.07, 6.45) is 1.74. The molecule has 0 saturated carbocycles. The lowest BCUT2D eigenvalue weighted by Crippen LogP contribution is -1.79. The lowest BCUT2D eigenvalue weighted by molar-refractivity contribution is 0.572. The van der Waals surface area contributed by atoms with Crippen LogP contribution in [-0.4, -0.2) is 0 Å². The molecule has 0 saturated heterocycles. The van der Waals surface area contributed by atoms with Gasteiger partial charge in [-0.15, -0.1) is 0 Å². The van der Waals surface area contributed by atoms with Gasteiger partial charge in [-0.2, -0.15) is 5.26 Å². The third-order valence-electron chi connectivity index (χ3n) is 3.23. The zero-order valence-corrected chi connectivity index (χ0v) is 12.4. The van der Waals surface area contributed by atoms with E-state index in [-0.39, 0.29) is 0 Å². The summed E-state index contributed by atoms with van der Waals surface area (Å²) in [7, 11) is 0. The van der Waals surface area contributed by atoms with Gasteiger partial charge < -0.3 is 4.42 Å². The average molecular weight is 306 g/mol. The van der Waals surface area contributed by atoms with E-state index in [0.29, 0.717) is 16.4 Å². The molecule has 3 rings (SSSR count). The van der Waals surface area contributed by atoms with Crippen LogP contribution >= 0.6 is 11.6 Å². The number of rotatable bonds is 3. The molecular weight excluding hydrogens is 294 g/mol. The van der Waals surface area contributed by atoms with Crippen molar-refractivity contribution >= 4 is 23.3 Å². The Bertz CT molecular complexity index is 856. The van der Waals surface area contributed by atoms with E-state index in [2.05, 4.69) is 6.07 Å². The molecular formula is C19H12ClNO. The summed E-state index contributed by atoms with van der Waals surface area (Å²) in [6, 6.07) is 22.9. The van der Waals surface area contributed by atoms with Gasteiger partial charge in [-0.05, 0) is 35.9 Å². The molecule has 0 aliphatic carbocycles. The van der Waals surface area contributed by atoms with Crippen molar-refractivity contribution in [2.45, 2.75) is 0 Å². The highest BCUT2D eigenvalue weighted by molar-refractivity contribution is 6.30. The van der Waals surface area contributed by atoms with Crippen LogP contribution in [0.3, 0.4) is 0 Å². The van der Waals surface area contributed by atoms with Crippen LogP contribution in [0.5, 0.6) is 0 Å². The maximum atomic E-state index is 9.32. The molecule has 0 aliphatic heterocycles. The Morgan fingerprint density at radius 1 is 1.00 bits per heavy atom. The summed E-state index contributed by atoms with van der Waals surface area (Å²) in [5, 5.41) is 9.98. The maximum Gasteiger partial charge on any atom is 0.134 e. The van der Waals surface area contributed by atoms with Crippen LogP contribution < -0.4 is 0 Å². The van der Waals surface area contributed by atoms with Gasteiger partial charge in [0.25, 0.3) is 0 Å². The zero-order valence-electron chi connectivity index (χ0n) is 11.7. The van der Waals surface area contributed by atoms with E-state index in [9.17, 15) is 5.26 Å². The van der Waals surface area contributed by atoms with Crippen molar-refractivity contribution < 1.29 is 4.42 Å². The minimum absolute atomic E-state index is 0.563. The molecule has 2 nitrogen and oxygen atoms in total. The molecule has 1 heterocycles. The first-order valence-electron chi connectivity index (χ1n) is 6.79. The fourth-order valence-corrected chi connectivity index (χ4v) is 2.36. The Morgan fingerprint density at radius 3 is 2.55 bits per heavy atom. The molecule has 0 spiro atoms. The van der Waals surface area contributed by atoms with Crippen LogP contribution in [0.2, 0.25) is 5.02 Å². The van der Waals surface area contributed by atoms with Gasteiger partial charge in [0.15, 0.2) is 0 Å². The average Bonchev–Trinajstić information content (AvgIpc) is 3.02. The third-order valence-corrected chi connectivity index (χ3v) is 3.46. The fourth-order valence-electron chi connectivity index (χ4n) is 2.17. The molecule has 0 bridgehead atoms. The van der Waals surface area contributed by atoms with Gasteiger partial charge in [0.05, 0.1) is 11.6 Å². The largest absolute Gasteiger partial charge is 0.457 e. The smallest absolute Gasteiger partial charge is 0.134 e. The van der Waals surface area contributed by atoms with Gasteiger partial charge in [0, 0.05) is 10.6 Å². The lowest BCUT2D eigenvalue weighted by atomic mass is 10.1. The fraction of sp³-hybridized carbons (Fsp3) is 0. The van der Waals surface area contributed by atoms with E-state index in [1.165, 1.54) is 0 Å². The first kappa shape index (κ1) is 14.2. The summed E-state index contributed by atoms with van der Waals surface area (Å²) in [5.74, 6) is 1.36. The molecule has 22 heavy (non-hydrogen) atoms. The first-order chi connectivity index (χ1) is 10.8. The van der Waals surface area contributed by atoms with Crippen LogP contribution in [-0.2, 0) is 0 Å². The molecule has 106 valence electrons. The van der Waals surface area contributed by atoms with Gasteiger partial charge in [-0.1, -0.05) is 54.1 Å². The number of nitrogens with zero attached hydrogens (tertiary/aromatic N) is 1. The van der Waals surface area contributed by atoms with E-state index >= 15 is 0 Å². The summed E-state index contributed by atoms with van der Waals surface area (Å²) in [5.41, 5.74) is 2.34. The van der Waals surface area contributed by atoms with Crippen LogP contribution in [0.15, 0.2) is 71.1 Å². The number of benzene rings is 2. The highest BCUT2D eigenvalue weighted by atomic mass is 35.5. The van der Waals surface area contributed by atoms with Crippen molar-refractivity contribution in [3.8, 4) is 17.4 Å². The summed E-state index contributed by atoms with van der Waals surface area (Å²) >= 11 is 5.99. The summed E-state index contributed by atoms with van der Waals surface area (Å²) < 4.78 is 5.79. The molecule has 3 aromatic rings. The second kappa shape index (κ2) is 6.34. The van der Waals surface area contributed by atoms with Crippen LogP contribution in [0.25, 0.3) is 23.0 Å². The second-order valence-electron chi connectivity index (χ2n) is 4.75. The second-order valence-corrected chi connectivity index (χ2v) is 5.18. The standard InChI is InChI=1S/C19H12ClNO/c20-17-8-4-7-15(11-17)19-10-9-18(22-19)12-16(13-21)14-5-2-1-3-6-14/h1-12H. The highest BCUT2D eigenvalue weighted by Crippen LogP contribution is 2.26. The Labute approximate surface area is 133 Å². The SMILES string of the molecule is N#CC(=Cc1ccc(-c2cccc(Cl)c2)o1)c1ccccc1. The van der Waals surface area contributed by atoms with E-state index < -0.39 is 0 Å². The van der Waals surface area contributed by atoms with Crippen molar-refractivity contribution in [2.75, 3.05) is 0 Å². The molecule has 3 heteroatoms. The minimum Gasteiger partial charge on any atom is -0.457 e. The van der Waals surface area contributed by atoms with Crippen LogP contribution in [0, 0.1) is 11.3 Å². The van der Waals surface area contributed by atoms with Crippen molar-refractivity contribution in [1.82, 2.24) is 0 Å². The van der Waals surface area contributed by atoms with Crippen LogP contribution in [0.4, 0.5) is 0 Å². The zero-order chi connectivity index (χ0) is 15.4. The molecule has 0 unspecified atom stereocenters. The normalized spacial score (nSPS) is 11.2. The first-order valence-corrected chi connectivity index (χ1v) is 7.17. The Balaban J connectivity index is 1.94. The number of hydrogen-bond acceptors (Lipinski definition) is 2. The van der Waals surface area contributed by atoms with E-state index in [1.807, 2.05) is 66.7 Å². The maximum absolute atomic E-state index is 9.32. The Kier molecular flexibility index (Phi) is 4.09. The Hall–Kier alpha value is -2.76. The van der Waals surface area contributed by atoms with Crippen molar-refractivity contribution in [1.29, 1.82) is 5.26 Å². The molecule has 0 atom stereocenters. The Morgan fingerprint density at radius 2 is 1.82 bits per heavy atom. The molecule has 0 amide bonds. The highest BCUT2D eigenvalue weighted by Gasteiger charge is 2.06. The number of hydrogen-bond donors (Lipinski definition) is 0. The van der Waals surface area contributed by atoms with Gasteiger partial charge in [0.1, 0.15) is 11.5 Å². The number of allylic oxidation sites excluding steroid dienone is 1. The molecule has 0 aliphatic rings. The van der Waals surface area contributed by atoms with Crippen LogP contribution in [0.1, 0.15) is 11.3 Å². The monoisotopic (exact) mass is 305 g/mol. The predicted octanol–water partition coefficient (Wildman–Crippen LogP) is 5.66. The molecule has 0 fully saturated rings. The minimum atomic E-state index is 0.563. The molecule has 2 aromatic carbocycles. The summed E-state index contributed by atoms with van der Waals surface area (Å²) in [6.45, 7) is 0. The quantitative estimate of drug-likeness (QED) is 0.585. The molecule has 1 aromatic heterocycles. The van der Waals surface area contributed by atoms with Gasteiger partial charge in [-0.3, -0.25) is 0 Å². The summed E-state index contributed by atoms with van der Waals surface area (Å²) in [4.78, 5) is 0. The van der Waals surface area contributed by atoms with Gasteiger partial charge in [-0.25, -0.2) is 0 Å². The van der Waals surface area contributed by atoms with E-state index in [0.717, 1.165) is 16.9 Å². The van der Waals surface area contributed by atoms with Crippen molar-refractivity contribution in [2.24, 2.45) is 0 Å². The number of furan rings is 1. The van der Waals surface area contributed by atoms with E-state index in [4.69, 9.17) is 16.0 Å². The van der Waals surface area contributed by atoms with E-state index in [1.54, 1.807) is 6.08 Å². The third kappa shape index (κ3) is 3.11. The predicted molar refractivity (Wildman–Crippen MR) is 89.1 cm³/mol. The number of nitriles is 1. The van der Waals surface area contributed by atoms with Crippen molar-refractivity contribution in [3.63, 3.8) is 0 Å². The lowest BCUT2D eigenvalue weighted by Gasteiger charge is -1.98. The van der Waals surface area contributed by atoms with Gasteiger partial charge >= 0.3 is 0 Å².